The average molecular weight is 1500 g/mol. The summed E-state index contributed by atoms with van der Waals surface area (Å²) in [4.78, 5) is 35.8. The molecule has 596 valence electrons. The summed E-state index contributed by atoms with van der Waals surface area (Å²) >= 11 is 0. The summed E-state index contributed by atoms with van der Waals surface area (Å²) in [6.07, 6.45) is 13.2. The summed E-state index contributed by atoms with van der Waals surface area (Å²) in [5.74, 6) is -0.809. The first-order valence-electron chi connectivity index (χ1n) is 36.4. The molecule has 0 radical (unpaired) electrons. The lowest BCUT2D eigenvalue weighted by Gasteiger charge is -2.29. The molecule has 2 atom stereocenters. The molecular weight excluding hydrogens is 1380 g/mol. The third-order valence-electron chi connectivity index (χ3n) is 16.4. The highest BCUT2D eigenvalue weighted by Crippen LogP contribution is 2.51. The number of unbranched alkanes of at least 4 members (excludes halogenated alkanes) is 2. The molecule has 0 saturated carbocycles. The fraction of sp³-hybridized carbons (Fsp3) is 0.730. The quantitative estimate of drug-likeness (QED) is 0.0175. The predicted octanol–water partition coefficient (Wildman–Crippen LogP) is 6.93. The first-order valence-corrected chi connectivity index (χ1v) is 37.8. The van der Waals surface area contributed by atoms with Crippen LogP contribution in [-0.4, -0.2) is 313 Å². The minimum atomic E-state index is -4.76. The van der Waals surface area contributed by atoms with Crippen molar-refractivity contribution in [3.8, 4) is 0 Å². The molecule has 29 nitrogen and oxygen atoms in total. The molecule has 0 aromatic heterocycles. The fourth-order valence-electron chi connectivity index (χ4n) is 11.0. The molecule has 1 N–H and O–H groups in total. The summed E-state index contributed by atoms with van der Waals surface area (Å²) in [5.41, 5.74) is 5.46. The number of benzene rings is 2. The molecule has 0 bridgehead atoms. The number of rotatable bonds is 73. The Labute approximate surface area is 617 Å². The number of methoxy groups -OCH3 is 2. The number of aryl methyl sites for hydroxylation is 1. The zero-order valence-electron chi connectivity index (χ0n) is 62.7. The van der Waals surface area contributed by atoms with Crippen molar-refractivity contribution in [3.63, 3.8) is 0 Å². The Morgan fingerprint density at radius 1 is 0.462 bits per heavy atom. The lowest BCUT2D eigenvalue weighted by atomic mass is 9.76. The normalized spacial score (nSPS) is 16.5. The van der Waals surface area contributed by atoms with E-state index in [1.165, 1.54) is 12.1 Å². The van der Waals surface area contributed by atoms with Gasteiger partial charge in [-0.3, -0.25) is 4.79 Å². The highest BCUT2D eigenvalue weighted by atomic mass is 32.2. The fourth-order valence-corrected chi connectivity index (χ4v) is 11.5. The molecule has 2 unspecified atom stereocenters. The number of hydrogen-bond acceptors (Lipinski definition) is 27. The van der Waals surface area contributed by atoms with Crippen molar-refractivity contribution in [2.24, 2.45) is 0 Å². The van der Waals surface area contributed by atoms with Crippen LogP contribution in [0.15, 0.2) is 77.4 Å². The van der Waals surface area contributed by atoms with Crippen molar-refractivity contribution in [1.29, 1.82) is 0 Å². The lowest BCUT2D eigenvalue weighted by molar-refractivity contribution is -0.438. The Kier molecular flexibility index (Phi) is 52.7. The van der Waals surface area contributed by atoms with E-state index in [4.69, 9.17) is 105 Å². The van der Waals surface area contributed by atoms with E-state index < -0.39 is 26.9 Å². The number of likely N-dealkylation sites (N-methyl/N-ethyl adjacent to an activating group) is 1. The van der Waals surface area contributed by atoms with E-state index in [2.05, 4.69) is 47.6 Å². The molecule has 4 rings (SSSR count). The summed E-state index contributed by atoms with van der Waals surface area (Å²) in [6, 6.07) is 11.0. The predicted molar refractivity (Wildman–Crippen MR) is 385 cm³/mol. The van der Waals surface area contributed by atoms with E-state index in [1.54, 1.807) is 20.3 Å². The maximum absolute atomic E-state index is 12.4. The molecular formula is C74H122N2O27S. The van der Waals surface area contributed by atoms with Gasteiger partial charge in [0.2, 0.25) is 5.69 Å². The van der Waals surface area contributed by atoms with Crippen LogP contribution in [0.5, 0.6) is 0 Å². The Morgan fingerprint density at radius 3 is 1.21 bits per heavy atom. The van der Waals surface area contributed by atoms with E-state index in [1.807, 2.05) is 38.2 Å². The molecule has 0 spiro atoms. The summed E-state index contributed by atoms with van der Waals surface area (Å²) in [7, 11) is -1.49. The standard InChI is InChI=1S/C74H122N2O27S/c1-7-75-68-20-18-65(104(79,80)81)63-67(68)74(4,22-25-101-103-61-59-99-57-55-97-53-51-95-49-47-93-45-43-91-41-39-89-37-35-87-33-31-85-29-27-83-6)70(75)14-10-8-11-15-71-73(3,66-62-64(2)17-19-69(66)76(71)23-13-9-12-16-72(77)78)21-24-100-102-60-58-98-56-54-96-52-50-94-48-46-92-44-42-90-40-38-88-36-34-86-32-30-84-28-26-82-5/h8,10-11,14-15,17-20,62-63H,7,9,12-13,16,21-61H2,1-6H3,(H-,77,78,79,80,81). The van der Waals surface area contributed by atoms with Crippen LogP contribution in [0.1, 0.15) is 76.0 Å². The van der Waals surface area contributed by atoms with Gasteiger partial charge in [0, 0.05) is 68.1 Å². The summed E-state index contributed by atoms with van der Waals surface area (Å²) < 4.78 is 138. The van der Waals surface area contributed by atoms with Crippen LogP contribution >= 0.6 is 0 Å². The van der Waals surface area contributed by atoms with Crippen molar-refractivity contribution in [3.05, 3.63) is 89.2 Å². The van der Waals surface area contributed by atoms with E-state index >= 15 is 0 Å². The molecule has 2 aliphatic rings. The second-order valence-corrected chi connectivity index (χ2v) is 25.6. The maximum atomic E-state index is 12.4. The second-order valence-electron chi connectivity index (χ2n) is 24.2. The van der Waals surface area contributed by atoms with Gasteiger partial charge in [0.15, 0.2) is 5.71 Å². The zero-order chi connectivity index (χ0) is 74.7. The maximum Gasteiger partial charge on any atom is 0.303 e. The monoisotopic (exact) mass is 1500 g/mol. The van der Waals surface area contributed by atoms with Crippen LogP contribution in [0.25, 0.3) is 0 Å². The number of carboxylic acid groups (broad SMARTS) is 1. The van der Waals surface area contributed by atoms with Gasteiger partial charge >= 0.3 is 5.97 Å². The van der Waals surface area contributed by atoms with Gasteiger partial charge < -0.3 is 99.8 Å². The Balaban J connectivity index is 1.17. The minimum absolute atomic E-state index is 0.114. The van der Waals surface area contributed by atoms with Crippen LogP contribution in [0.2, 0.25) is 0 Å². The number of aliphatic carboxylic acids is 1. The third-order valence-corrected chi connectivity index (χ3v) is 17.3. The topological polar surface area (TPSA) is 304 Å². The Hall–Kier alpha value is -4.37. The van der Waals surface area contributed by atoms with Crippen molar-refractivity contribution in [2.75, 3.05) is 283 Å². The van der Waals surface area contributed by atoms with Crippen LogP contribution < -0.4 is 4.90 Å². The number of carbonyl (C=O) groups is 1. The van der Waals surface area contributed by atoms with E-state index in [0.29, 0.717) is 256 Å². The first kappa shape index (κ1) is 92.0. The smallest absolute Gasteiger partial charge is 0.303 e. The van der Waals surface area contributed by atoms with Gasteiger partial charge in [-0.25, -0.2) is 28.0 Å². The molecule has 0 saturated heterocycles. The molecule has 2 aromatic carbocycles. The van der Waals surface area contributed by atoms with E-state index in [-0.39, 0.29) is 44.4 Å². The zero-order valence-corrected chi connectivity index (χ0v) is 63.6. The summed E-state index contributed by atoms with van der Waals surface area (Å²) in [6.45, 7) is 26.0. The largest absolute Gasteiger partial charge is 0.744 e. The van der Waals surface area contributed by atoms with Gasteiger partial charge in [0.1, 0.15) is 29.9 Å². The number of carboxylic acids is 1. The number of nitrogens with zero attached hydrogens (tertiary/aromatic N) is 2. The number of anilines is 1. The van der Waals surface area contributed by atoms with Gasteiger partial charge in [-0.15, -0.1) is 0 Å². The Morgan fingerprint density at radius 2 is 0.837 bits per heavy atom. The van der Waals surface area contributed by atoms with Crippen molar-refractivity contribution >= 4 is 33.2 Å². The highest BCUT2D eigenvalue weighted by Gasteiger charge is 2.48. The molecule has 0 amide bonds. The first-order chi connectivity index (χ1) is 50.8. The lowest BCUT2D eigenvalue weighted by Crippen LogP contribution is -2.33. The van der Waals surface area contributed by atoms with Gasteiger partial charge in [-0.1, -0.05) is 29.9 Å². The number of ether oxygens (including phenoxy) is 18. The minimum Gasteiger partial charge on any atom is -0.744 e. The molecule has 2 aromatic rings. The van der Waals surface area contributed by atoms with Crippen LogP contribution in [0.3, 0.4) is 0 Å². The highest BCUT2D eigenvalue weighted by molar-refractivity contribution is 7.85. The average Bonchev–Trinajstić information content (AvgIpc) is 1.59. The summed E-state index contributed by atoms with van der Waals surface area (Å²) in [5, 5.41) is 9.35. The SMILES string of the molecule is CCN1C(=CC=CC=CC2=[N+](CCCCCC(=O)O)c3ccc(C)cc3C2(C)CCOOCCOCCOCCOCCOCCOCCOCCOCCOCCOC)C(C)(CCOOCCOCCOCCOCCOCCOCCOCCOCCOCCOC)c2cc(S(=O)(=O)[O-])ccc21. The van der Waals surface area contributed by atoms with E-state index in [9.17, 15) is 22.9 Å². The molecule has 30 heteroatoms. The molecule has 2 aliphatic heterocycles. The molecule has 0 aliphatic carbocycles. The van der Waals surface area contributed by atoms with E-state index in [0.717, 1.165) is 46.8 Å². The van der Waals surface area contributed by atoms with Gasteiger partial charge in [0.05, 0.1) is 248 Å². The third kappa shape index (κ3) is 39.6. The molecule has 0 fully saturated rings. The Bertz CT molecular complexity index is 2760. The van der Waals surface area contributed by atoms with Crippen molar-refractivity contribution in [1.82, 2.24) is 0 Å². The number of hydrogen-bond donors (Lipinski definition) is 1. The van der Waals surface area contributed by atoms with Gasteiger partial charge in [-0.05, 0) is 89.3 Å². The van der Waals surface area contributed by atoms with Crippen LogP contribution in [0, 0.1) is 6.92 Å². The van der Waals surface area contributed by atoms with Gasteiger partial charge in [-0.2, -0.15) is 4.58 Å². The number of fused-ring (bicyclic) bond motifs is 2. The van der Waals surface area contributed by atoms with Gasteiger partial charge in [0.25, 0.3) is 0 Å². The molecule has 104 heavy (non-hydrogen) atoms. The second kappa shape index (κ2) is 59.6. The van der Waals surface area contributed by atoms with Crippen molar-refractivity contribution < 1.29 is 132 Å². The van der Waals surface area contributed by atoms with Crippen LogP contribution in [-0.2, 0) is 131 Å². The van der Waals surface area contributed by atoms with Crippen molar-refractivity contribution in [2.45, 2.75) is 81.9 Å². The number of allylic oxidation sites excluding steroid dienone is 6. The van der Waals surface area contributed by atoms with Crippen LogP contribution in [0.4, 0.5) is 11.4 Å². The molecule has 2 heterocycles.